The fraction of sp³-hybridized carbons (Fsp3) is 0.133. The Bertz CT molecular complexity index is 593. The first-order chi connectivity index (χ1) is 8.58. The molecule has 0 amide bonds. The minimum absolute atomic E-state index is 0.0646. The SMILES string of the molecule is Cc1cc(Cl)ccc1C(=O)Cc1ccccc1F. The molecule has 1 nitrogen and oxygen atoms in total. The summed E-state index contributed by atoms with van der Waals surface area (Å²) in [5, 5.41) is 0.593. The van der Waals surface area contributed by atoms with Gasteiger partial charge in [0.2, 0.25) is 0 Å². The average Bonchev–Trinajstić information content (AvgIpc) is 2.32. The quantitative estimate of drug-likeness (QED) is 0.757. The molecule has 0 aliphatic carbocycles. The molecule has 0 aliphatic heterocycles. The number of benzene rings is 2. The predicted octanol–water partition coefficient (Wildman–Crippen LogP) is 4.21. The van der Waals surface area contributed by atoms with Crippen molar-refractivity contribution in [1.82, 2.24) is 0 Å². The molecule has 0 aromatic heterocycles. The van der Waals surface area contributed by atoms with E-state index in [1.54, 1.807) is 36.4 Å². The number of ketones is 1. The van der Waals surface area contributed by atoms with Gasteiger partial charge in [0.25, 0.3) is 0 Å². The highest BCUT2D eigenvalue weighted by molar-refractivity contribution is 6.30. The van der Waals surface area contributed by atoms with Gasteiger partial charge in [0.1, 0.15) is 5.82 Å². The molecule has 2 aromatic carbocycles. The maximum atomic E-state index is 13.5. The van der Waals surface area contributed by atoms with Crippen molar-refractivity contribution >= 4 is 17.4 Å². The summed E-state index contributed by atoms with van der Waals surface area (Å²) in [5.74, 6) is -0.452. The molecule has 92 valence electrons. The fourth-order valence-corrected chi connectivity index (χ4v) is 2.08. The van der Waals surface area contributed by atoms with Gasteiger partial charge in [0, 0.05) is 17.0 Å². The Kier molecular flexibility index (Phi) is 3.78. The topological polar surface area (TPSA) is 17.1 Å². The minimum atomic E-state index is -0.350. The standard InChI is InChI=1S/C15H12ClFO/c1-10-8-12(16)6-7-13(10)15(18)9-11-4-2-3-5-14(11)17/h2-8H,9H2,1H3. The minimum Gasteiger partial charge on any atom is -0.294 e. The van der Waals surface area contributed by atoms with Crippen LogP contribution in [0.25, 0.3) is 0 Å². The first kappa shape index (κ1) is 12.8. The summed E-state index contributed by atoms with van der Waals surface area (Å²) in [6, 6.07) is 11.4. The van der Waals surface area contributed by atoms with Crippen molar-refractivity contribution in [3.63, 3.8) is 0 Å². The number of halogens is 2. The van der Waals surface area contributed by atoms with Crippen LogP contribution in [-0.2, 0) is 6.42 Å². The van der Waals surface area contributed by atoms with E-state index in [-0.39, 0.29) is 18.0 Å². The number of hydrogen-bond donors (Lipinski definition) is 0. The summed E-state index contributed by atoms with van der Waals surface area (Å²) in [7, 11) is 0. The van der Waals surface area contributed by atoms with E-state index in [9.17, 15) is 9.18 Å². The van der Waals surface area contributed by atoms with Crippen LogP contribution in [0.2, 0.25) is 5.02 Å². The molecule has 2 aromatic rings. The second kappa shape index (κ2) is 5.32. The molecule has 0 spiro atoms. The van der Waals surface area contributed by atoms with Crippen LogP contribution >= 0.6 is 11.6 Å². The number of rotatable bonds is 3. The van der Waals surface area contributed by atoms with E-state index in [4.69, 9.17) is 11.6 Å². The molecular weight excluding hydrogens is 251 g/mol. The molecule has 0 heterocycles. The smallest absolute Gasteiger partial charge is 0.167 e. The summed E-state index contributed by atoms with van der Waals surface area (Å²) in [6.45, 7) is 1.82. The Morgan fingerprint density at radius 1 is 1.22 bits per heavy atom. The zero-order chi connectivity index (χ0) is 13.1. The Morgan fingerprint density at radius 3 is 2.61 bits per heavy atom. The van der Waals surface area contributed by atoms with E-state index in [0.717, 1.165) is 5.56 Å². The lowest BCUT2D eigenvalue weighted by molar-refractivity contribution is 0.0991. The summed E-state index contributed by atoms with van der Waals surface area (Å²) in [4.78, 5) is 12.1. The zero-order valence-corrected chi connectivity index (χ0v) is 10.7. The van der Waals surface area contributed by atoms with Gasteiger partial charge in [-0.15, -0.1) is 0 Å². The zero-order valence-electron chi connectivity index (χ0n) is 9.91. The third-order valence-electron chi connectivity index (χ3n) is 2.80. The molecule has 2 rings (SSSR count). The molecule has 3 heteroatoms. The van der Waals surface area contributed by atoms with Gasteiger partial charge in [-0.25, -0.2) is 4.39 Å². The lowest BCUT2D eigenvalue weighted by atomic mass is 9.99. The summed E-state index contributed by atoms with van der Waals surface area (Å²) >= 11 is 5.84. The van der Waals surface area contributed by atoms with Gasteiger partial charge in [-0.1, -0.05) is 29.8 Å². The van der Waals surface area contributed by atoms with Gasteiger partial charge in [-0.05, 0) is 42.3 Å². The van der Waals surface area contributed by atoms with Crippen LogP contribution in [0.4, 0.5) is 4.39 Å². The lowest BCUT2D eigenvalue weighted by Crippen LogP contribution is -2.06. The largest absolute Gasteiger partial charge is 0.294 e. The third-order valence-corrected chi connectivity index (χ3v) is 3.03. The molecule has 0 saturated heterocycles. The highest BCUT2D eigenvalue weighted by atomic mass is 35.5. The second-order valence-electron chi connectivity index (χ2n) is 4.15. The molecule has 0 bridgehead atoms. The van der Waals surface area contributed by atoms with Crippen LogP contribution in [0.3, 0.4) is 0 Å². The normalized spacial score (nSPS) is 10.4. The summed E-state index contributed by atoms with van der Waals surface area (Å²) < 4.78 is 13.5. The Balaban J connectivity index is 2.25. The molecule has 0 N–H and O–H groups in total. The van der Waals surface area contributed by atoms with Gasteiger partial charge in [0.05, 0.1) is 0 Å². The van der Waals surface area contributed by atoms with E-state index in [1.165, 1.54) is 6.07 Å². The second-order valence-corrected chi connectivity index (χ2v) is 4.59. The van der Waals surface area contributed by atoms with E-state index in [0.29, 0.717) is 16.1 Å². The first-order valence-electron chi connectivity index (χ1n) is 5.60. The van der Waals surface area contributed by atoms with Crippen LogP contribution in [0.5, 0.6) is 0 Å². The molecule has 0 radical (unpaired) electrons. The van der Waals surface area contributed by atoms with Crippen molar-refractivity contribution < 1.29 is 9.18 Å². The van der Waals surface area contributed by atoms with E-state index in [2.05, 4.69) is 0 Å². The molecule has 0 unspecified atom stereocenters. The fourth-order valence-electron chi connectivity index (χ4n) is 1.85. The molecule has 0 fully saturated rings. The van der Waals surface area contributed by atoms with Crippen molar-refractivity contribution in [3.8, 4) is 0 Å². The maximum Gasteiger partial charge on any atom is 0.167 e. The van der Waals surface area contributed by atoms with Crippen molar-refractivity contribution in [2.75, 3.05) is 0 Å². The predicted molar refractivity (Wildman–Crippen MR) is 70.6 cm³/mol. The Hall–Kier alpha value is -1.67. The molecule has 18 heavy (non-hydrogen) atoms. The highest BCUT2D eigenvalue weighted by Gasteiger charge is 2.12. The number of aryl methyl sites for hydroxylation is 1. The molecular formula is C15H12ClFO. The molecule has 0 atom stereocenters. The van der Waals surface area contributed by atoms with Crippen LogP contribution in [0.1, 0.15) is 21.5 Å². The van der Waals surface area contributed by atoms with Gasteiger partial charge in [-0.2, -0.15) is 0 Å². The molecule has 0 saturated carbocycles. The number of carbonyl (C=O) groups excluding carboxylic acids is 1. The van der Waals surface area contributed by atoms with Gasteiger partial charge in [-0.3, -0.25) is 4.79 Å². The third kappa shape index (κ3) is 2.77. The van der Waals surface area contributed by atoms with Gasteiger partial charge < -0.3 is 0 Å². The number of carbonyl (C=O) groups is 1. The van der Waals surface area contributed by atoms with E-state index in [1.807, 2.05) is 6.92 Å². The lowest BCUT2D eigenvalue weighted by Gasteiger charge is -2.06. The van der Waals surface area contributed by atoms with Crippen LogP contribution < -0.4 is 0 Å². The Morgan fingerprint density at radius 2 is 1.94 bits per heavy atom. The van der Waals surface area contributed by atoms with Crippen molar-refractivity contribution in [2.45, 2.75) is 13.3 Å². The maximum absolute atomic E-state index is 13.5. The number of hydrogen-bond acceptors (Lipinski definition) is 1. The van der Waals surface area contributed by atoms with Gasteiger partial charge >= 0.3 is 0 Å². The molecule has 0 aliphatic rings. The van der Waals surface area contributed by atoms with E-state index < -0.39 is 0 Å². The monoisotopic (exact) mass is 262 g/mol. The average molecular weight is 263 g/mol. The van der Waals surface area contributed by atoms with Crippen molar-refractivity contribution in [3.05, 3.63) is 70.0 Å². The van der Waals surface area contributed by atoms with Crippen LogP contribution in [0.15, 0.2) is 42.5 Å². The van der Waals surface area contributed by atoms with Crippen LogP contribution in [0, 0.1) is 12.7 Å². The van der Waals surface area contributed by atoms with Crippen molar-refractivity contribution in [2.24, 2.45) is 0 Å². The van der Waals surface area contributed by atoms with Crippen LogP contribution in [-0.4, -0.2) is 5.78 Å². The summed E-state index contributed by atoms with van der Waals surface area (Å²) in [5.41, 5.74) is 1.81. The number of Topliss-reactive ketones (excluding diaryl/α,β-unsaturated/α-hetero) is 1. The van der Waals surface area contributed by atoms with Crippen molar-refractivity contribution in [1.29, 1.82) is 0 Å². The van der Waals surface area contributed by atoms with E-state index >= 15 is 0 Å². The highest BCUT2D eigenvalue weighted by Crippen LogP contribution is 2.18. The van der Waals surface area contributed by atoms with Gasteiger partial charge in [0.15, 0.2) is 5.78 Å². The summed E-state index contributed by atoms with van der Waals surface area (Å²) in [6.07, 6.45) is 0.0646. The first-order valence-corrected chi connectivity index (χ1v) is 5.98. The Labute approximate surface area is 110 Å².